The Morgan fingerprint density at radius 3 is 2.37 bits per heavy atom. The Kier molecular flexibility index (Phi) is 11.1. The molecular weight excluding hydrogens is 558 g/mol. The molecule has 8 heteroatoms. The van der Waals surface area contributed by atoms with Crippen LogP contribution in [-0.2, 0) is 22.4 Å². The number of carbonyl (C=O) groups is 2. The van der Waals surface area contributed by atoms with E-state index in [0.29, 0.717) is 43.4 Å². The van der Waals surface area contributed by atoms with Crippen molar-refractivity contribution in [3.8, 4) is 0 Å². The molecule has 0 spiro atoms. The maximum atomic E-state index is 13.9. The number of aryl methyl sites for hydroxylation is 1. The second-order valence-electron chi connectivity index (χ2n) is 11.7. The zero-order chi connectivity index (χ0) is 30.0. The molecule has 2 amide bonds. The van der Waals surface area contributed by atoms with E-state index in [2.05, 4.69) is 52.0 Å². The monoisotopic (exact) mass is 601 g/mol. The number of anilines is 1. The molecule has 3 aromatic rings. The molecule has 7 nitrogen and oxygen atoms in total. The van der Waals surface area contributed by atoms with Gasteiger partial charge in [0.1, 0.15) is 6.04 Å². The lowest BCUT2D eigenvalue weighted by atomic mass is 10.0. The fraction of sp³-hybridized carbons (Fsp3) is 0.429. The van der Waals surface area contributed by atoms with Crippen molar-refractivity contribution in [3.63, 3.8) is 0 Å². The zero-order valence-corrected chi connectivity index (χ0v) is 25.9. The molecule has 0 bridgehead atoms. The molecular formula is C35H44ClN5O2. The SMILES string of the molecule is CC(NC1CCCNC1)c1ccccc1N1CCN(C(=O)[C@@H](Cc2ccc(Cl)cc2)NC(=O)CCc2ccccc2)CC1. The van der Waals surface area contributed by atoms with Crippen molar-refractivity contribution in [3.05, 3.63) is 101 Å². The van der Waals surface area contributed by atoms with Crippen LogP contribution in [0.25, 0.3) is 0 Å². The first-order chi connectivity index (χ1) is 21.0. The lowest BCUT2D eigenvalue weighted by molar-refractivity contribution is -0.136. The smallest absolute Gasteiger partial charge is 0.245 e. The molecule has 2 fully saturated rings. The number of rotatable bonds is 11. The first kappa shape index (κ1) is 31.0. The van der Waals surface area contributed by atoms with Crippen molar-refractivity contribution in [2.45, 2.75) is 57.2 Å². The Labute approximate surface area is 261 Å². The van der Waals surface area contributed by atoms with Gasteiger partial charge in [-0.05, 0) is 67.6 Å². The molecule has 2 unspecified atom stereocenters. The molecule has 2 aliphatic heterocycles. The van der Waals surface area contributed by atoms with Crippen molar-refractivity contribution >= 4 is 29.1 Å². The molecule has 228 valence electrons. The number of nitrogens with zero attached hydrogens (tertiary/aromatic N) is 2. The predicted octanol–water partition coefficient (Wildman–Crippen LogP) is 4.75. The van der Waals surface area contributed by atoms with Crippen molar-refractivity contribution < 1.29 is 9.59 Å². The van der Waals surface area contributed by atoms with Crippen LogP contribution in [0, 0.1) is 0 Å². The Hall–Kier alpha value is -3.39. The minimum absolute atomic E-state index is 0.0317. The van der Waals surface area contributed by atoms with Crippen LogP contribution in [0.3, 0.4) is 0 Å². The summed E-state index contributed by atoms with van der Waals surface area (Å²) in [7, 11) is 0. The maximum Gasteiger partial charge on any atom is 0.245 e. The number of piperidine rings is 1. The van der Waals surface area contributed by atoms with Crippen molar-refractivity contribution in [1.29, 1.82) is 0 Å². The van der Waals surface area contributed by atoms with Gasteiger partial charge in [0.2, 0.25) is 11.8 Å². The first-order valence-corrected chi connectivity index (χ1v) is 16.0. The largest absolute Gasteiger partial charge is 0.368 e. The third-order valence-electron chi connectivity index (χ3n) is 8.59. The standard InChI is InChI=1S/C35H44ClN5O2/c1-26(38-30-10-7-19-37-25-30)31-11-5-6-12-33(31)40-20-22-41(23-21-40)35(43)32(24-28-13-16-29(36)17-14-28)39-34(42)18-15-27-8-3-2-4-9-27/h2-6,8-9,11-14,16-17,26,30,32,37-38H,7,10,15,18-25H2,1H3,(H,39,42)/t26?,30?,32-/m1/s1. The predicted molar refractivity (Wildman–Crippen MR) is 175 cm³/mol. The fourth-order valence-corrected chi connectivity index (χ4v) is 6.32. The summed E-state index contributed by atoms with van der Waals surface area (Å²) in [5, 5.41) is 11.0. The summed E-state index contributed by atoms with van der Waals surface area (Å²) in [6.07, 6.45) is 3.80. The average molecular weight is 602 g/mol. The van der Waals surface area contributed by atoms with E-state index in [4.69, 9.17) is 11.6 Å². The van der Waals surface area contributed by atoms with E-state index in [9.17, 15) is 9.59 Å². The molecule has 0 aromatic heterocycles. The van der Waals surface area contributed by atoms with Crippen molar-refractivity contribution in [2.24, 2.45) is 0 Å². The topological polar surface area (TPSA) is 76.7 Å². The Bertz CT molecular complexity index is 1320. The van der Waals surface area contributed by atoms with Crippen LogP contribution in [-0.4, -0.2) is 68.1 Å². The van der Waals surface area contributed by atoms with E-state index in [1.165, 1.54) is 24.1 Å². The second kappa shape index (κ2) is 15.4. The van der Waals surface area contributed by atoms with Gasteiger partial charge in [-0.25, -0.2) is 0 Å². The molecule has 0 radical (unpaired) electrons. The normalized spacial score (nSPS) is 18.6. The van der Waals surface area contributed by atoms with Gasteiger partial charge in [0.15, 0.2) is 0 Å². The Morgan fingerprint density at radius 2 is 1.65 bits per heavy atom. The van der Waals surface area contributed by atoms with Crippen LogP contribution in [0.2, 0.25) is 5.02 Å². The Balaban J connectivity index is 1.22. The molecule has 43 heavy (non-hydrogen) atoms. The summed E-state index contributed by atoms with van der Waals surface area (Å²) in [5.41, 5.74) is 4.59. The van der Waals surface area contributed by atoms with E-state index in [1.807, 2.05) is 59.5 Å². The highest BCUT2D eigenvalue weighted by atomic mass is 35.5. The number of amides is 2. The summed E-state index contributed by atoms with van der Waals surface area (Å²) in [6, 6.07) is 26.2. The van der Waals surface area contributed by atoms with E-state index >= 15 is 0 Å². The first-order valence-electron chi connectivity index (χ1n) is 15.6. The third kappa shape index (κ3) is 8.82. The molecule has 3 N–H and O–H groups in total. The number of para-hydroxylation sites is 1. The van der Waals surface area contributed by atoms with E-state index < -0.39 is 6.04 Å². The van der Waals surface area contributed by atoms with Crippen LogP contribution < -0.4 is 20.9 Å². The zero-order valence-electron chi connectivity index (χ0n) is 25.1. The van der Waals surface area contributed by atoms with Gasteiger partial charge < -0.3 is 25.8 Å². The van der Waals surface area contributed by atoms with Gasteiger partial charge in [0.25, 0.3) is 0 Å². The number of nitrogens with one attached hydrogen (secondary N) is 3. The summed E-state index contributed by atoms with van der Waals surface area (Å²) < 4.78 is 0. The fourth-order valence-electron chi connectivity index (χ4n) is 6.19. The number of piperazine rings is 1. The molecule has 2 heterocycles. The lowest BCUT2D eigenvalue weighted by Crippen LogP contribution is -2.55. The molecule has 3 aromatic carbocycles. The second-order valence-corrected chi connectivity index (χ2v) is 12.2. The molecule has 5 rings (SSSR count). The summed E-state index contributed by atoms with van der Waals surface area (Å²) in [6.45, 7) is 7.07. The van der Waals surface area contributed by atoms with Gasteiger partial charge in [0.05, 0.1) is 0 Å². The molecule has 3 atom stereocenters. The van der Waals surface area contributed by atoms with E-state index in [0.717, 1.165) is 37.3 Å². The van der Waals surface area contributed by atoms with E-state index in [-0.39, 0.29) is 17.9 Å². The summed E-state index contributed by atoms with van der Waals surface area (Å²) >= 11 is 6.10. The summed E-state index contributed by atoms with van der Waals surface area (Å²) in [5.74, 6) is -0.144. The van der Waals surface area contributed by atoms with Gasteiger partial charge in [-0.15, -0.1) is 0 Å². The van der Waals surface area contributed by atoms with Crippen molar-refractivity contribution in [2.75, 3.05) is 44.2 Å². The molecule has 2 aliphatic rings. The van der Waals surface area contributed by atoms with Crippen LogP contribution in [0.4, 0.5) is 5.69 Å². The minimum atomic E-state index is -0.628. The number of halogens is 1. The third-order valence-corrected chi connectivity index (χ3v) is 8.84. The number of hydrogen-bond donors (Lipinski definition) is 3. The van der Waals surface area contributed by atoms with Gasteiger partial charge in [0, 0.05) is 68.4 Å². The van der Waals surface area contributed by atoms with Gasteiger partial charge >= 0.3 is 0 Å². The van der Waals surface area contributed by atoms with Crippen molar-refractivity contribution in [1.82, 2.24) is 20.9 Å². The average Bonchev–Trinajstić information content (AvgIpc) is 3.05. The molecule has 0 aliphatic carbocycles. The van der Waals surface area contributed by atoms with E-state index in [1.54, 1.807) is 0 Å². The van der Waals surface area contributed by atoms with Crippen LogP contribution in [0.5, 0.6) is 0 Å². The molecule has 0 saturated carbocycles. The highest BCUT2D eigenvalue weighted by Gasteiger charge is 2.30. The highest BCUT2D eigenvalue weighted by molar-refractivity contribution is 6.30. The number of benzene rings is 3. The quantitative estimate of drug-likeness (QED) is 0.296. The van der Waals surface area contributed by atoms with Crippen LogP contribution in [0.15, 0.2) is 78.9 Å². The summed E-state index contributed by atoms with van der Waals surface area (Å²) in [4.78, 5) is 31.2. The molecule has 2 saturated heterocycles. The van der Waals surface area contributed by atoms with Crippen LogP contribution in [0.1, 0.15) is 48.9 Å². The Morgan fingerprint density at radius 1 is 0.930 bits per heavy atom. The van der Waals surface area contributed by atoms with Crippen LogP contribution >= 0.6 is 11.6 Å². The van der Waals surface area contributed by atoms with Gasteiger partial charge in [-0.2, -0.15) is 0 Å². The number of hydrogen-bond acceptors (Lipinski definition) is 5. The number of carbonyl (C=O) groups excluding carboxylic acids is 2. The minimum Gasteiger partial charge on any atom is -0.368 e. The lowest BCUT2D eigenvalue weighted by Gasteiger charge is -2.39. The highest BCUT2D eigenvalue weighted by Crippen LogP contribution is 2.28. The maximum absolute atomic E-state index is 13.9. The van der Waals surface area contributed by atoms with Gasteiger partial charge in [-0.1, -0.05) is 72.3 Å². The van der Waals surface area contributed by atoms with Gasteiger partial charge in [-0.3, -0.25) is 9.59 Å².